The number of fused-ring (bicyclic) bond motifs is 1. The fraction of sp³-hybridized carbons (Fsp3) is 0.419. The first-order valence-electron chi connectivity index (χ1n) is 18.7. The quantitative estimate of drug-likeness (QED) is 0.101. The predicted molar refractivity (Wildman–Crippen MR) is 218 cm³/mol. The number of benzene rings is 3. The van der Waals surface area contributed by atoms with Gasteiger partial charge in [-0.2, -0.15) is 4.90 Å². The molecule has 0 spiro atoms. The molecule has 14 heteroatoms. The lowest BCUT2D eigenvalue weighted by Gasteiger charge is -2.29. The fourth-order valence-corrected chi connectivity index (χ4v) is 6.49. The third-order valence-electron chi connectivity index (χ3n) is 9.20. The largest absolute Gasteiger partial charge is 0.481 e. The molecule has 0 saturated heterocycles. The minimum Gasteiger partial charge on any atom is -0.481 e. The van der Waals surface area contributed by atoms with Gasteiger partial charge in [-0.05, 0) is 113 Å². The number of likely N-dealkylation sites (N-methyl/N-ethyl adjacent to an activating group) is 1. The van der Waals surface area contributed by atoms with Crippen LogP contribution in [0.5, 0.6) is 0 Å². The number of aryl methyl sites for hydroxylation is 1. The number of pyridine rings is 1. The average Bonchev–Trinajstić information content (AvgIpc) is 3.10. The van der Waals surface area contributed by atoms with E-state index in [1.54, 1.807) is 85.8 Å². The van der Waals surface area contributed by atoms with Crippen LogP contribution in [0.15, 0.2) is 60.8 Å². The van der Waals surface area contributed by atoms with Crippen LogP contribution in [0.1, 0.15) is 108 Å². The van der Waals surface area contributed by atoms with Crippen LogP contribution in [0.25, 0.3) is 10.8 Å². The van der Waals surface area contributed by atoms with Gasteiger partial charge in [0.15, 0.2) is 5.82 Å². The molecule has 0 aliphatic carbocycles. The maximum atomic E-state index is 15.7. The van der Waals surface area contributed by atoms with Crippen molar-refractivity contribution in [1.29, 1.82) is 0 Å². The average molecular weight is 788 g/mol. The van der Waals surface area contributed by atoms with E-state index in [-0.39, 0.29) is 35.7 Å². The Balaban J connectivity index is 1.82. The van der Waals surface area contributed by atoms with Crippen LogP contribution in [0.4, 0.5) is 31.2 Å². The monoisotopic (exact) mass is 787 g/mol. The van der Waals surface area contributed by atoms with E-state index < -0.39 is 53.0 Å². The lowest BCUT2D eigenvalue weighted by Crippen LogP contribution is -2.44. The Hall–Kier alpha value is -5.76. The number of nitrogen functional groups attached to an aromatic ring is 1. The number of carbonyl (C=O) groups is 4. The standard InChI is InChI=1S/C43H54FN5O8/c1-11-30(39(52)53)32-16-13-28(45)19-27(32)22-48(10)38(51)36(26-12-15-31(24(2)18-26)25(3)23-50)47-29-14-17-33-34(20-29)35(44)21-46-37(33)49(40(54)56-42(4,5)6)41(55)57-43(7,8)9/h12-21,25,30,36,47,50H,11,22-23,45H2,1-10H3,(H,52,53)/t25-,30+,36?/m0/s1. The van der Waals surface area contributed by atoms with Gasteiger partial charge < -0.3 is 35.6 Å². The van der Waals surface area contributed by atoms with Crippen LogP contribution in [0, 0.1) is 12.7 Å². The van der Waals surface area contributed by atoms with Crippen molar-refractivity contribution in [2.45, 2.75) is 104 Å². The molecule has 3 atom stereocenters. The van der Waals surface area contributed by atoms with Crippen LogP contribution in [0.3, 0.4) is 0 Å². The first-order chi connectivity index (χ1) is 26.5. The number of aromatic nitrogens is 1. The zero-order valence-corrected chi connectivity index (χ0v) is 34.3. The molecule has 3 amide bonds. The summed E-state index contributed by atoms with van der Waals surface area (Å²) in [5, 5.41) is 23.1. The summed E-state index contributed by atoms with van der Waals surface area (Å²) < 4.78 is 26.7. The number of carbonyl (C=O) groups excluding carboxylic acids is 3. The summed E-state index contributed by atoms with van der Waals surface area (Å²) in [4.78, 5) is 59.8. The number of carboxylic acids is 1. The number of nitrogens with zero attached hydrogens (tertiary/aromatic N) is 3. The van der Waals surface area contributed by atoms with Gasteiger partial charge in [0.1, 0.15) is 23.1 Å². The highest BCUT2D eigenvalue weighted by atomic mass is 19.1. The van der Waals surface area contributed by atoms with Crippen LogP contribution < -0.4 is 16.0 Å². The van der Waals surface area contributed by atoms with Gasteiger partial charge >= 0.3 is 18.2 Å². The molecule has 0 radical (unpaired) electrons. The van der Waals surface area contributed by atoms with Gasteiger partial charge in [-0.15, -0.1) is 0 Å². The molecule has 1 heterocycles. The Kier molecular flexibility index (Phi) is 13.6. The van der Waals surface area contributed by atoms with Crippen LogP contribution in [-0.4, -0.2) is 69.0 Å². The van der Waals surface area contributed by atoms with Crippen molar-refractivity contribution in [3.05, 3.63) is 94.4 Å². The van der Waals surface area contributed by atoms with E-state index >= 15 is 4.39 Å². The fourth-order valence-electron chi connectivity index (χ4n) is 6.49. The number of aliphatic carboxylic acids is 1. The van der Waals surface area contributed by atoms with Gasteiger partial charge in [-0.3, -0.25) is 9.59 Å². The van der Waals surface area contributed by atoms with Crippen LogP contribution in [-0.2, 0) is 25.6 Å². The smallest absolute Gasteiger partial charge is 0.425 e. The number of aliphatic hydroxyl groups excluding tert-OH is 1. The summed E-state index contributed by atoms with van der Waals surface area (Å²) in [5.74, 6) is -3.34. The first-order valence-corrected chi connectivity index (χ1v) is 18.7. The SMILES string of the molecule is CC[C@@H](C(=O)O)c1ccc(N)cc1CN(C)C(=O)C(Nc1ccc2c(N(C(=O)OC(C)(C)C)C(=O)OC(C)(C)C)ncc(F)c2c1)c1ccc([C@@H](C)CO)c(C)c1. The van der Waals surface area contributed by atoms with Crippen molar-refractivity contribution < 1.29 is 43.3 Å². The van der Waals surface area contributed by atoms with E-state index in [4.69, 9.17) is 15.2 Å². The molecule has 3 aromatic carbocycles. The van der Waals surface area contributed by atoms with Crippen molar-refractivity contribution in [1.82, 2.24) is 9.88 Å². The number of nitrogens with one attached hydrogen (secondary N) is 1. The minimum atomic E-state index is -1.07. The van der Waals surface area contributed by atoms with Gasteiger partial charge in [-0.25, -0.2) is 19.0 Å². The van der Waals surface area contributed by atoms with Crippen molar-refractivity contribution in [2.24, 2.45) is 0 Å². The van der Waals surface area contributed by atoms with Crippen molar-refractivity contribution in [3.8, 4) is 0 Å². The lowest BCUT2D eigenvalue weighted by molar-refractivity contribution is -0.138. The Morgan fingerprint density at radius 2 is 1.53 bits per heavy atom. The number of anilines is 3. The lowest BCUT2D eigenvalue weighted by atomic mass is 9.91. The Morgan fingerprint density at radius 1 is 0.912 bits per heavy atom. The van der Waals surface area contributed by atoms with E-state index in [1.807, 2.05) is 26.0 Å². The van der Waals surface area contributed by atoms with E-state index in [0.717, 1.165) is 17.3 Å². The topological polar surface area (TPSA) is 185 Å². The number of nitrogens with two attached hydrogens (primary N) is 1. The van der Waals surface area contributed by atoms with Crippen molar-refractivity contribution >= 4 is 52.0 Å². The number of aliphatic hydroxyl groups is 1. The summed E-state index contributed by atoms with van der Waals surface area (Å²) in [7, 11) is 1.60. The molecule has 5 N–H and O–H groups in total. The second-order valence-electron chi connectivity index (χ2n) is 16.2. The van der Waals surface area contributed by atoms with Crippen LogP contribution >= 0.6 is 0 Å². The highest BCUT2D eigenvalue weighted by Crippen LogP contribution is 2.34. The van der Waals surface area contributed by atoms with E-state index in [1.165, 1.54) is 17.0 Å². The van der Waals surface area contributed by atoms with E-state index in [9.17, 15) is 29.4 Å². The number of amides is 3. The third-order valence-corrected chi connectivity index (χ3v) is 9.20. The van der Waals surface area contributed by atoms with Gasteiger partial charge in [0.25, 0.3) is 0 Å². The third kappa shape index (κ3) is 10.8. The predicted octanol–water partition coefficient (Wildman–Crippen LogP) is 8.43. The van der Waals surface area contributed by atoms with Crippen molar-refractivity contribution in [2.75, 3.05) is 29.6 Å². The van der Waals surface area contributed by atoms with Crippen molar-refractivity contribution in [3.63, 3.8) is 0 Å². The number of carboxylic acid groups (broad SMARTS) is 1. The minimum absolute atomic E-state index is 0.0198. The van der Waals surface area contributed by atoms with Crippen LogP contribution in [0.2, 0.25) is 0 Å². The number of rotatable bonds is 12. The van der Waals surface area contributed by atoms with Gasteiger partial charge in [-0.1, -0.05) is 38.1 Å². The molecule has 4 rings (SSSR count). The number of imide groups is 1. The Bertz CT molecular complexity index is 2120. The molecule has 0 bridgehead atoms. The molecule has 1 unspecified atom stereocenters. The van der Waals surface area contributed by atoms with Gasteiger partial charge in [0.05, 0.1) is 12.1 Å². The highest BCUT2D eigenvalue weighted by molar-refractivity contribution is 6.14. The maximum absolute atomic E-state index is 15.7. The summed E-state index contributed by atoms with van der Waals surface area (Å²) in [6.07, 6.45) is -0.929. The molecule has 57 heavy (non-hydrogen) atoms. The molecular formula is C43H54FN5O8. The summed E-state index contributed by atoms with van der Waals surface area (Å²) in [6.45, 7) is 15.3. The molecule has 13 nitrogen and oxygen atoms in total. The number of hydrogen-bond donors (Lipinski definition) is 4. The Labute approximate surface area is 333 Å². The van der Waals surface area contributed by atoms with Gasteiger partial charge in [0, 0.05) is 48.3 Å². The number of hydrogen-bond acceptors (Lipinski definition) is 10. The maximum Gasteiger partial charge on any atom is 0.425 e. The second kappa shape index (κ2) is 17.6. The summed E-state index contributed by atoms with van der Waals surface area (Å²) in [6, 6.07) is 13.9. The summed E-state index contributed by atoms with van der Waals surface area (Å²) in [5.41, 5.74) is 8.30. The molecule has 0 aliphatic rings. The molecule has 0 saturated carbocycles. The Morgan fingerprint density at radius 3 is 2.07 bits per heavy atom. The normalized spacial score (nSPS) is 13.3. The molecule has 0 aliphatic heterocycles. The van der Waals surface area contributed by atoms with E-state index in [0.29, 0.717) is 39.4 Å². The molecule has 0 fully saturated rings. The van der Waals surface area contributed by atoms with Gasteiger partial charge in [0.2, 0.25) is 5.91 Å². The molecule has 1 aromatic heterocycles. The highest BCUT2D eigenvalue weighted by Gasteiger charge is 2.35. The molecular weight excluding hydrogens is 733 g/mol. The zero-order chi connectivity index (χ0) is 42.6. The number of halogens is 1. The molecule has 306 valence electrons. The molecule has 4 aromatic rings. The second-order valence-corrected chi connectivity index (χ2v) is 16.2. The summed E-state index contributed by atoms with van der Waals surface area (Å²) >= 11 is 0. The zero-order valence-electron chi connectivity index (χ0n) is 34.3. The first kappa shape index (κ1) is 44.0. The van der Waals surface area contributed by atoms with E-state index in [2.05, 4.69) is 10.3 Å². The number of ether oxygens (including phenoxy) is 2.